The van der Waals surface area contributed by atoms with Crippen LogP contribution in [-0.2, 0) is 13.0 Å². The standard InChI is InChI=1S/C13H19N3O/c1-11(2)16-10-15-9-12(16)8-14-6-5-13-4-3-7-17-13/h3-4,7,9-11,14H,5-6,8H2,1-2H3. The van der Waals surface area contributed by atoms with Gasteiger partial charge in [-0.3, -0.25) is 0 Å². The molecule has 0 aliphatic heterocycles. The molecule has 4 nitrogen and oxygen atoms in total. The van der Waals surface area contributed by atoms with Gasteiger partial charge in [-0.05, 0) is 26.0 Å². The molecule has 2 aromatic heterocycles. The smallest absolute Gasteiger partial charge is 0.105 e. The van der Waals surface area contributed by atoms with E-state index >= 15 is 0 Å². The highest BCUT2D eigenvalue weighted by molar-refractivity contribution is 5.01. The quantitative estimate of drug-likeness (QED) is 0.779. The van der Waals surface area contributed by atoms with Gasteiger partial charge in [0.25, 0.3) is 0 Å². The lowest BCUT2D eigenvalue weighted by Crippen LogP contribution is -2.19. The predicted molar refractivity (Wildman–Crippen MR) is 66.7 cm³/mol. The fraction of sp³-hybridized carbons (Fsp3) is 0.462. The zero-order chi connectivity index (χ0) is 12.1. The normalized spacial score (nSPS) is 11.2. The van der Waals surface area contributed by atoms with E-state index in [2.05, 4.69) is 28.7 Å². The van der Waals surface area contributed by atoms with E-state index in [-0.39, 0.29) is 0 Å². The molecule has 17 heavy (non-hydrogen) atoms. The minimum absolute atomic E-state index is 0.458. The molecular formula is C13H19N3O. The maximum atomic E-state index is 5.28. The fourth-order valence-electron chi connectivity index (χ4n) is 1.82. The Kier molecular flexibility index (Phi) is 3.98. The molecule has 0 radical (unpaired) electrons. The first-order valence-electron chi connectivity index (χ1n) is 6.01. The van der Waals surface area contributed by atoms with Crippen LogP contribution in [0.15, 0.2) is 35.3 Å². The highest BCUT2D eigenvalue weighted by atomic mass is 16.3. The molecule has 0 unspecified atom stereocenters. The summed E-state index contributed by atoms with van der Waals surface area (Å²) in [6.45, 7) is 6.08. The SMILES string of the molecule is CC(C)n1cncc1CNCCc1ccco1. The van der Waals surface area contributed by atoms with Crippen LogP contribution in [0.5, 0.6) is 0 Å². The van der Waals surface area contributed by atoms with Crippen LogP contribution < -0.4 is 5.32 Å². The summed E-state index contributed by atoms with van der Waals surface area (Å²) >= 11 is 0. The van der Waals surface area contributed by atoms with Gasteiger partial charge in [-0.1, -0.05) is 0 Å². The van der Waals surface area contributed by atoms with Gasteiger partial charge in [0.2, 0.25) is 0 Å². The van der Waals surface area contributed by atoms with E-state index in [4.69, 9.17) is 4.42 Å². The second-order valence-electron chi connectivity index (χ2n) is 4.39. The number of furan rings is 1. The molecule has 0 amide bonds. The van der Waals surface area contributed by atoms with Crippen molar-refractivity contribution in [2.45, 2.75) is 32.9 Å². The maximum absolute atomic E-state index is 5.28. The van der Waals surface area contributed by atoms with E-state index in [0.29, 0.717) is 6.04 Å². The Hall–Kier alpha value is -1.55. The van der Waals surface area contributed by atoms with Gasteiger partial charge in [-0.25, -0.2) is 4.98 Å². The van der Waals surface area contributed by atoms with Crippen LogP contribution in [0.4, 0.5) is 0 Å². The second-order valence-corrected chi connectivity index (χ2v) is 4.39. The van der Waals surface area contributed by atoms with E-state index in [1.54, 1.807) is 6.26 Å². The van der Waals surface area contributed by atoms with Crippen molar-refractivity contribution in [2.24, 2.45) is 0 Å². The maximum Gasteiger partial charge on any atom is 0.105 e. The summed E-state index contributed by atoms with van der Waals surface area (Å²) in [5.41, 5.74) is 1.22. The zero-order valence-electron chi connectivity index (χ0n) is 10.4. The van der Waals surface area contributed by atoms with Gasteiger partial charge in [0.15, 0.2) is 0 Å². The fourth-order valence-corrected chi connectivity index (χ4v) is 1.82. The third kappa shape index (κ3) is 3.20. The first kappa shape index (κ1) is 11.9. The Balaban J connectivity index is 1.76. The Bertz CT molecular complexity index is 431. The summed E-state index contributed by atoms with van der Waals surface area (Å²) < 4.78 is 7.46. The van der Waals surface area contributed by atoms with Crippen LogP contribution in [0.2, 0.25) is 0 Å². The Morgan fingerprint density at radius 1 is 1.47 bits per heavy atom. The largest absolute Gasteiger partial charge is 0.469 e. The average molecular weight is 233 g/mol. The number of hydrogen-bond donors (Lipinski definition) is 1. The second kappa shape index (κ2) is 5.68. The zero-order valence-corrected chi connectivity index (χ0v) is 10.4. The summed E-state index contributed by atoms with van der Waals surface area (Å²) in [5, 5.41) is 3.40. The summed E-state index contributed by atoms with van der Waals surface area (Å²) in [6, 6.07) is 4.38. The summed E-state index contributed by atoms with van der Waals surface area (Å²) in [6.07, 6.45) is 6.43. The third-order valence-electron chi connectivity index (χ3n) is 2.74. The van der Waals surface area contributed by atoms with E-state index < -0.39 is 0 Å². The van der Waals surface area contributed by atoms with Crippen LogP contribution in [0.25, 0.3) is 0 Å². The van der Waals surface area contributed by atoms with Crippen LogP contribution >= 0.6 is 0 Å². The molecule has 1 N–H and O–H groups in total. The highest BCUT2D eigenvalue weighted by Gasteiger charge is 2.04. The summed E-state index contributed by atoms with van der Waals surface area (Å²) in [4.78, 5) is 4.18. The van der Waals surface area contributed by atoms with Gasteiger partial charge in [0.05, 0.1) is 18.3 Å². The number of aromatic nitrogens is 2. The van der Waals surface area contributed by atoms with Gasteiger partial charge in [0.1, 0.15) is 5.76 Å². The molecule has 2 heterocycles. The van der Waals surface area contributed by atoms with Gasteiger partial charge in [-0.2, -0.15) is 0 Å². The molecule has 0 saturated heterocycles. The van der Waals surface area contributed by atoms with E-state index in [1.165, 1.54) is 5.69 Å². The van der Waals surface area contributed by atoms with Crippen molar-refractivity contribution in [1.82, 2.24) is 14.9 Å². The topological polar surface area (TPSA) is 43.0 Å². The molecule has 2 rings (SSSR count). The lowest BCUT2D eigenvalue weighted by Gasteiger charge is -2.11. The minimum atomic E-state index is 0.458. The van der Waals surface area contributed by atoms with Crippen LogP contribution in [0.3, 0.4) is 0 Å². The van der Waals surface area contributed by atoms with Crippen molar-refractivity contribution in [3.63, 3.8) is 0 Å². The molecule has 0 bridgehead atoms. The summed E-state index contributed by atoms with van der Waals surface area (Å²) in [7, 11) is 0. The van der Waals surface area contributed by atoms with Crippen molar-refractivity contribution in [3.05, 3.63) is 42.4 Å². The van der Waals surface area contributed by atoms with E-state index in [1.807, 2.05) is 24.7 Å². The van der Waals surface area contributed by atoms with Gasteiger partial charge in [0, 0.05) is 31.7 Å². The Morgan fingerprint density at radius 3 is 3.06 bits per heavy atom. The lowest BCUT2D eigenvalue weighted by atomic mass is 10.3. The van der Waals surface area contributed by atoms with Crippen molar-refractivity contribution in [2.75, 3.05) is 6.54 Å². The monoisotopic (exact) mass is 233 g/mol. The molecule has 0 aromatic carbocycles. The number of nitrogens with zero attached hydrogens (tertiary/aromatic N) is 2. The van der Waals surface area contributed by atoms with Crippen molar-refractivity contribution in [1.29, 1.82) is 0 Å². The van der Waals surface area contributed by atoms with Crippen LogP contribution in [0.1, 0.15) is 31.3 Å². The molecule has 4 heteroatoms. The number of imidazole rings is 1. The minimum Gasteiger partial charge on any atom is -0.469 e. The van der Waals surface area contributed by atoms with Crippen LogP contribution in [-0.4, -0.2) is 16.1 Å². The Morgan fingerprint density at radius 2 is 2.35 bits per heavy atom. The summed E-state index contributed by atoms with van der Waals surface area (Å²) in [5.74, 6) is 1.02. The van der Waals surface area contributed by atoms with Gasteiger partial charge < -0.3 is 14.3 Å². The average Bonchev–Trinajstić information content (AvgIpc) is 2.95. The molecule has 0 fully saturated rings. The van der Waals surface area contributed by atoms with E-state index in [0.717, 1.165) is 25.3 Å². The molecule has 0 saturated carbocycles. The molecule has 0 spiro atoms. The molecule has 92 valence electrons. The van der Waals surface area contributed by atoms with Crippen molar-refractivity contribution in [3.8, 4) is 0 Å². The molecule has 2 aromatic rings. The molecule has 0 aliphatic carbocycles. The van der Waals surface area contributed by atoms with E-state index in [9.17, 15) is 0 Å². The molecule has 0 aliphatic rings. The van der Waals surface area contributed by atoms with Crippen LogP contribution in [0, 0.1) is 0 Å². The van der Waals surface area contributed by atoms with Gasteiger partial charge >= 0.3 is 0 Å². The highest BCUT2D eigenvalue weighted by Crippen LogP contribution is 2.08. The predicted octanol–water partition coefficient (Wildman–Crippen LogP) is 2.39. The third-order valence-corrected chi connectivity index (χ3v) is 2.74. The van der Waals surface area contributed by atoms with Crippen molar-refractivity contribution >= 4 is 0 Å². The van der Waals surface area contributed by atoms with Gasteiger partial charge in [-0.15, -0.1) is 0 Å². The number of rotatable bonds is 6. The Labute approximate surface area is 102 Å². The lowest BCUT2D eigenvalue weighted by molar-refractivity contribution is 0.493. The van der Waals surface area contributed by atoms with Crippen molar-refractivity contribution < 1.29 is 4.42 Å². The number of nitrogens with one attached hydrogen (secondary N) is 1. The molecular weight excluding hydrogens is 214 g/mol. The number of hydrogen-bond acceptors (Lipinski definition) is 3. The first-order valence-corrected chi connectivity index (χ1v) is 6.01. The first-order chi connectivity index (χ1) is 8.27. The molecule has 0 atom stereocenters.